The molecule has 1 fully saturated rings. The van der Waals surface area contributed by atoms with Crippen molar-refractivity contribution in [2.24, 2.45) is 4.99 Å². The fourth-order valence-corrected chi connectivity index (χ4v) is 5.34. The molecule has 0 atom stereocenters. The normalized spacial score (nSPS) is 15.7. The standard InChI is InChI=1S/C26H29IN2O5S/c1-6-29-25(31)21(35-26(29)28-23-16(4)10-9-11-17(23)5)14-18-12-19(27)24(20(13-18)32-7-2)34-15-22(30)33-8-3/h9-14H,6-8,15H2,1-5H3/b21-14+,28-26?. The van der Waals surface area contributed by atoms with E-state index in [9.17, 15) is 9.59 Å². The van der Waals surface area contributed by atoms with E-state index in [0.717, 1.165) is 25.9 Å². The predicted molar refractivity (Wildman–Crippen MR) is 148 cm³/mol. The molecule has 1 aliphatic heterocycles. The minimum atomic E-state index is -0.444. The van der Waals surface area contributed by atoms with Gasteiger partial charge in [-0.3, -0.25) is 9.69 Å². The monoisotopic (exact) mass is 608 g/mol. The van der Waals surface area contributed by atoms with Crippen LogP contribution in [0.2, 0.25) is 0 Å². The molecule has 35 heavy (non-hydrogen) atoms. The Kier molecular flexibility index (Phi) is 9.62. The van der Waals surface area contributed by atoms with Crippen LogP contribution in [0.3, 0.4) is 0 Å². The first-order valence-corrected chi connectivity index (χ1v) is 13.3. The summed E-state index contributed by atoms with van der Waals surface area (Å²) < 4.78 is 17.2. The molecule has 3 rings (SSSR count). The minimum Gasteiger partial charge on any atom is -0.490 e. The summed E-state index contributed by atoms with van der Waals surface area (Å²) >= 11 is 3.50. The summed E-state index contributed by atoms with van der Waals surface area (Å²) in [6.07, 6.45) is 1.84. The molecule has 0 aromatic heterocycles. The highest BCUT2D eigenvalue weighted by Gasteiger charge is 2.32. The largest absolute Gasteiger partial charge is 0.490 e. The van der Waals surface area contributed by atoms with Gasteiger partial charge in [-0.15, -0.1) is 0 Å². The number of carbonyl (C=O) groups excluding carboxylic acids is 2. The first-order chi connectivity index (χ1) is 16.8. The third-order valence-corrected chi connectivity index (χ3v) is 6.93. The number of nitrogens with zero attached hydrogens (tertiary/aromatic N) is 2. The van der Waals surface area contributed by atoms with Crippen molar-refractivity contribution in [3.05, 3.63) is 55.5 Å². The van der Waals surface area contributed by atoms with Crippen molar-refractivity contribution in [1.82, 2.24) is 4.90 Å². The van der Waals surface area contributed by atoms with Crippen molar-refractivity contribution >= 4 is 63.2 Å². The average molecular weight is 608 g/mol. The molecule has 9 heteroatoms. The van der Waals surface area contributed by atoms with E-state index in [1.54, 1.807) is 11.8 Å². The molecule has 7 nitrogen and oxygen atoms in total. The first kappa shape index (κ1) is 27.1. The van der Waals surface area contributed by atoms with Crippen LogP contribution >= 0.6 is 34.4 Å². The molecule has 0 N–H and O–H groups in total. The van der Waals surface area contributed by atoms with Gasteiger partial charge in [-0.25, -0.2) is 9.79 Å². The van der Waals surface area contributed by atoms with Gasteiger partial charge in [0.1, 0.15) is 0 Å². The molecule has 1 amide bonds. The zero-order valence-electron chi connectivity index (χ0n) is 20.5. The van der Waals surface area contributed by atoms with Gasteiger partial charge in [0, 0.05) is 6.54 Å². The van der Waals surface area contributed by atoms with Crippen LogP contribution < -0.4 is 9.47 Å². The summed E-state index contributed by atoms with van der Waals surface area (Å²) in [5, 5.41) is 0.662. The smallest absolute Gasteiger partial charge is 0.344 e. The summed E-state index contributed by atoms with van der Waals surface area (Å²) in [7, 11) is 0. The maximum absolute atomic E-state index is 13.2. The van der Waals surface area contributed by atoms with Gasteiger partial charge in [-0.2, -0.15) is 0 Å². The van der Waals surface area contributed by atoms with E-state index in [1.165, 1.54) is 11.8 Å². The summed E-state index contributed by atoms with van der Waals surface area (Å²) in [6, 6.07) is 9.74. The Morgan fingerprint density at radius 1 is 1.11 bits per heavy atom. The molecule has 1 saturated heterocycles. The lowest BCUT2D eigenvalue weighted by atomic mass is 10.1. The molecule has 0 aliphatic carbocycles. The summed E-state index contributed by atoms with van der Waals surface area (Å²) in [5.74, 6) is 0.446. The van der Waals surface area contributed by atoms with Crippen molar-refractivity contribution < 1.29 is 23.8 Å². The Morgan fingerprint density at radius 3 is 2.46 bits per heavy atom. The average Bonchev–Trinajstić information content (AvgIpc) is 3.10. The maximum atomic E-state index is 13.2. The number of aliphatic imine (C=N–C) groups is 1. The molecule has 0 bridgehead atoms. The zero-order chi connectivity index (χ0) is 25.5. The molecule has 1 aliphatic rings. The SMILES string of the molecule is CCOC(=O)COc1c(I)cc(/C=C2/SC(=Nc3c(C)cccc3C)N(CC)C2=O)cc1OCC. The highest BCUT2D eigenvalue weighted by molar-refractivity contribution is 14.1. The number of halogens is 1. The number of carbonyl (C=O) groups is 2. The number of para-hydroxylation sites is 1. The molecule has 0 saturated carbocycles. The second kappa shape index (κ2) is 12.4. The molecular formula is C26H29IN2O5S. The maximum Gasteiger partial charge on any atom is 0.344 e. The number of ether oxygens (including phenoxy) is 3. The topological polar surface area (TPSA) is 77.4 Å². The molecular weight excluding hydrogens is 579 g/mol. The van der Waals surface area contributed by atoms with Crippen molar-refractivity contribution in [2.45, 2.75) is 34.6 Å². The van der Waals surface area contributed by atoms with E-state index in [-0.39, 0.29) is 12.5 Å². The van der Waals surface area contributed by atoms with Crippen LogP contribution in [0.25, 0.3) is 6.08 Å². The molecule has 1 heterocycles. The second-order valence-electron chi connectivity index (χ2n) is 7.65. The number of hydrogen-bond acceptors (Lipinski definition) is 7. The number of likely N-dealkylation sites (N-methyl/N-ethyl adjacent to an activating group) is 1. The van der Waals surface area contributed by atoms with E-state index in [1.807, 2.05) is 64.1 Å². The van der Waals surface area contributed by atoms with Gasteiger partial charge in [0.05, 0.1) is 27.4 Å². The molecule has 0 unspecified atom stereocenters. The highest BCUT2D eigenvalue weighted by atomic mass is 127. The molecule has 0 spiro atoms. The Morgan fingerprint density at radius 2 is 1.83 bits per heavy atom. The quantitative estimate of drug-likeness (QED) is 0.201. The van der Waals surface area contributed by atoms with Crippen LogP contribution in [0, 0.1) is 17.4 Å². The number of amides is 1. The van der Waals surface area contributed by atoms with E-state index < -0.39 is 5.97 Å². The number of amidine groups is 1. The summed E-state index contributed by atoms with van der Waals surface area (Å²) in [4.78, 5) is 32.0. The van der Waals surface area contributed by atoms with Crippen molar-refractivity contribution in [3.63, 3.8) is 0 Å². The van der Waals surface area contributed by atoms with Gasteiger partial charge in [-0.1, -0.05) is 18.2 Å². The Bertz CT molecular complexity index is 1160. The molecule has 0 radical (unpaired) electrons. The van der Waals surface area contributed by atoms with Crippen LogP contribution in [-0.4, -0.2) is 48.3 Å². The van der Waals surface area contributed by atoms with Gasteiger partial charge in [0.2, 0.25) is 0 Å². The summed E-state index contributed by atoms with van der Waals surface area (Å²) in [5.41, 5.74) is 3.81. The number of hydrogen-bond donors (Lipinski definition) is 0. The number of esters is 1. The minimum absolute atomic E-state index is 0.0851. The lowest BCUT2D eigenvalue weighted by Crippen LogP contribution is -2.28. The van der Waals surface area contributed by atoms with Crippen molar-refractivity contribution in [1.29, 1.82) is 0 Å². The number of thioether (sulfide) groups is 1. The van der Waals surface area contributed by atoms with E-state index in [4.69, 9.17) is 19.2 Å². The number of rotatable bonds is 9. The highest BCUT2D eigenvalue weighted by Crippen LogP contribution is 2.38. The predicted octanol–water partition coefficient (Wildman–Crippen LogP) is 5.87. The van der Waals surface area contributed by atoms with Crippen LogP contribution in [-0.2, 0) is 14.3 Å². The van der Waals surface area contributed by atoms with Crippen LogP contribution in [0.1, 0.15) is 37.5 Å². The fourth-order valence-electron chi connectivity index (χ4n) is 3.51. The molecule has 186 valence electrons. The van der Waals surface area contributed by atoms with Crippen LogP contribution in [0.15, 0.2) is 40.2 Å². The third-order valence-electron chi connectivity index (χ3n) is 5.12. The Hall–Kier alpha value is -2.53. The lowest BCUT2D eigenvalue weighted by Gasteiger charge is -2.14. The van der Waals surface area contributed by atoms with Crippen molar-refractivity contribution in [3.8, 4) is 11.5 Å². The Labute approximate surface area is 224 Å². The van der Waals surface area contributed by atoms with Gasteiger partial charge in [-0.05, 0) is 104 Å². The summed E-state index contributed by atoms with van der Waals surface area (Å²) in [6.45, 7) is 10.6. The van der Waals surface area contributed by atoms with Crippen molar-refractivity contribution in [2.75, 3.05) is 26.4 Å². The second-order valence-corrected chi connectivity index (χ2v) is 9.82. The van der Waals surface area contributed by atoms with E-state index in [2.05, 4.69) is 22.6 Å². The van der Waals surface area contributed by atoms with Gasteiger partial charge in [0.25, 0.3) is 5.91 Å². The van der Waals surface area contributed by atoms with E-state index >= 15 is 0 Å². The number of aryl methyl sites for hydroxylation is 2. The van der Waals surface area contributed by atoms with Gasteiger partial charge >= 0.3 is 5.97 Å². The van der Waals surface area contributed by atoms with Gasteiger partial charge < -0.3 is 14.2 Å². The zero-order valence-corrected chi connectivity index (χ0v) is 23.5. The third kappa shape index (κ3) is 6.58. The van der Waals surface area contributed by atoms with Crippen LogP contribution in [0.4, 0.5) is 5.69 Å². The lowest BCUT2D eigenvalue weighted by molar-refractivity contribution is -0.145. The van der Waals surface area contributed by atoms with Gasteiger partial charge in [0.15, 0.2) is 23.3 Å². The number of benzene rings is 2. The van der Waals surface area contributed by atoms with E-state index in [0.29, 0.717) is 41.3 Å². The fraction of sp³-hybridized carbons (Fsp3) is 0.346. The molecule has 2 aromatic carbocycles. The molecule has 2 aromatic rings. The first-order valence-electron chi connectivity index (χ1n) is 11.4. The van der Waals surface area contributed by atoms with Crippen LogP contribution in [0.5, 0.6) is 11.5 Å². The Balaban J connectivity index is 1.93.